The lowest BCUT2D eigenvalue weighted by Crippen LogP contribution is -2.56. The molecule has 2 nitrogen and oxygen atoms in total. The van der Waals surface area contributed by atoms with Crippen molar-refractivity contribution in [3.8, 4) is 0 Å². The van der Waals surface area contributed by atoms with Crippen molar-refractivity contribution in [3.63, 3.8) is 0 Å². The van der Waals surface area contributed by atoms with Crippen molar-refractivity contribution < 1.29 is 0 Å². The number of hydrogen-bond acceptors (Lipinski definition) is 3. The Morgan fingerprint density at radius 1 is 1.19 bits per heavy atom. The molecule has 0 saturated carbocycles. The number of fused-ring (bicyclic) bond motifs is 1. The zero-order valence-corrected chi connectivity index (χ0v) is 11.2. The zero-order chi connectivity index (χ0) is 11.0. The number of nitrogens with zero attached hydrogens (tertiary/aromatic N) is 2. The average molecular weight is 240 g/mol. The maximum Gasteiger partial charge on any atom is 0.0224 e. The Morgan fingerprint density at radius 2 is 2.12 bits per heavy atom. The van der Waals surface area contributed by atoms with Gasteiger partial charge in [-0.05, 0) is 44.9 Å². The highest BCUT2D eigenvalue weighted by atomic mass is 32.2. The van der Waals surface area contributed by atoms with E-state index in [2.05, 4.69) is 28.5 Å². The first-order chi connectivity index (χ1) is 7.83. The summed E-state index contributed by atoms with van der Waals surface area (Å²) in [4.78, 5) is 5.50. The van der Waals surface area contributed by atoms with E-state index in [1.54, 1.807) is 0 Å². The van der Waals surface area contributed by atoms with Crippen molar-refractivity contribution in [2.75, 3.05) is 31.9 Å². The Labute approximate surface area is 104 Å². The second kappa shape index (κ2) is 4.87. The van der Waals surface area contributed by atoms with Crippen LogP contribution in [0.4, 0.5) is 0 Å². The summed E-state index contributed by atoms with van der Waals surface area (Å²) < 4.78 is 0. The summed E-state index contributed by atoms with van der Waals surface area (Å²) in [7, 11) is 0. The van der Waals surface area contributed by atoms with Crippen molar-refractivity contribution in [3.05, 3.63) is 0 Å². The van der Waals surface area contributed by atoms with Gasteiger partial charge in [0.05, 0.1) is 0 Å². The van der Waals surface area contributed by atoms with Crippen molar-refractivity contribution in [2.45, 2.75) is 49.9 Å². The fourth-order valence-corrected chi connectivity index (χ4v) is 4.85. The largest absolute Gasteiger partial charge is 0.298 e. The van der Waals surface area contributed by atoms with Crippen LogP contribution < -0.4 is 0 Å². The van der Waals surface area contributed by atoms with E-state index in [9.17, 15) is 0 Å². The molecular formula is C13H24N2S. The fourth-order valence-electron chi connectivity index (χ4n) is 3.55. The molecule has 3 fully saturated rings. The Morgan fingerprint density at radius 3 is 2.94 bits per heavy atom. The number of piperazine rings is 1. The molecular weight excluding hydrogens is 216 g/mol. The van der Waals surface area contributed by atoms with Gasteiger partial charge in [0.1, 0.15) is 0 Å². The summed E-state index contributed by atoms with van der Waals surface area (Å²) in [5.74, 6) is 1.41. The van der Waals surface area contributed by atoms with Gasteiger partial charge in [0.15, 0.2) is 0 Å². The van der Waals surface area contributed by atoms with E-state index < -0.39 is 0 Å². The van der Waals surface area contributed by atoms with Gasteiger partial charge in [-0.1, -0.05) is 0 Å². The molecule has 3 heterocycles. The van der Waals surface area contributed by atoms with Crippen LogP contribution in [-0.4, -0.2) is 59.1 Å². The lowest BCUT2D eigenvalue weighted by Gasteiger charge is -2.43. The Kier molecular flexibility index (Phi) is 3.46. The molecule has 92 valence electrons. The van der Waals surface area contributed by atoms with Crippen LogP contribution in [0.1, 0.15) is 32.6 Å². The van der Waals surface area contributed by atoms with Crippen LogP contribution >= 0.6 is 11.8 Å². The molecule has 3 aliphatic rings. The highest BCUT2D eigenvalue weighted by Gasteiger charge is 2.35. The van der Waals surface area contributed by atoms with Gasteiger partial charge in [-0.25, -0.2) is 0 Å². The van der Waals surface area contributed by atoms with Crippen LogP contribution in [0.5, 0.6) is 0 Å². The van der Waals surface area contributed by atoms with E-state index in [1.165, 1.54) is 57.6 Å². The average Bonchev–Trinajstić information content (AvgIpc) is 2.89. The first-order valence-electron chi connectivity index (χ1n) is 6.92. The molecule has 0 aliphatic carbocycles. The zero-order valence-electron chi connectivity index (χ0n) is 10.4. The van der Waals surface area contributed by atoms with Crippen LogP contribution in [-0.2, 0) is 0 Å². The third kappa shape index (κ3) is 2.27. The summed E-state index contributed by atoms with van der Waals surface area (Å²) in [6.07, 6.45) is 5.79. The summed E-state index contributed by atoms with van der Waals surface area (Å²) in [6.45, 7) is 7.81. The molecule has 0 N–H and O–H groups in total. The normalized spacial score (nSPS) is 41.4. The van der Waals surface area contributed by atoms with Crippen molar-refractivity contribution in [1.82, 2.24) is 9.80 Å². The molecule has 0 amide bonds. The second-order valence-corrected chi connectivity index (χ2v) is 7.14. The summed E-state index contributed by atoms with van der Waals surface area (Å²) in [5, 5.41) is 0.940. The first-order valence-corrected chi connectivity index (χ1v) is 7.97. The van der Waals surface area contributed by atoms with Gasteiger partial charge in [0.2, 0.25) is 0 Å². The number of hydrogen-bond donors (Lipinski definition) is 0. The van der Waals surface area contributed by atoms with Crippen LogP contribution in [0.25, 0.3) is 0 Å². The lowest BCUT2D eigenvalue weighted by atomic mass is 10.1. The molecule has 3 heteroatoms. The predicted molar refractivity (Wildman–Crippen MR) is 71.1 cm³/mol. The molecule has 3 rings (SSSR count). The minimum absolute atomic E-state index is 0.788. The molecule has 3 aliphatic heterocycles. The van der Waals surface area contributed by atoms with E-state index in [1.807, 2.05) is 0 Å². The molecule has 16 heavy (non-hydrogen) atoms. The first kappa shape index (κ1) is 11.4. The predicted octanol–water partition coefficient (Wildman–Crippen LogP) is 2.05. The molecule has 0 spiro atoms. The van der Waals surface area contributed by atoms with Gasteiger partial charge in [-0.2, -0.15) is 11.8 Å². The quantitative estimate of drug-likeness (QED) is 0.729. The molecule has 0 bridgehead atoms. The van der Waals surface area contributed by atoms with Crippen LogP contribution in [0, 0.1) is 0 Å². The Bertz CT molecular complexity index is 238. The van der Waals surface area contributed by atoms with Crippen molar-refractivity contribution in [2.24, 2.45) is 0 Å². The maximum absolute atomic E-state index is 2.77. The molecule has 0 aromatic rings. The molecule has 3 atom stereocenters. The van der Waals surface area contributed by atoms with Gasteiger partial charge in [-0.3, -0.25) is 9.80 Å². The maximum atomic E-state index is 2.77. The molecule has 0 radical (unpaired) electrons. The molecule has 0 aromatic heterocycles. The topological polar surface area (TPSA) is 6.48 Å². The standard InChI is InChI=1S/C13H24N2S/c1-11-8-14-6-2-4-12(14)9-15(11)10-13-5-3-7-16-13/h11-13H,2-10H2,1H3. The van der Waals surface area contributed by atoms with E-state index in [-0.39, 0.29) is 0 Å². The lowest BCUT2D eigenvalue weighted by molar-refractivity contribution is 0.0599. The van der Waals surface area contributed by atoms with E-state index in [0.717, 1.165) is 17.3 Å². The van der Waals surface area contributed by atoms with Crippen LogP contribution in [0.2, 0.25) is 0 Å². The highest BCUT2D eigenvalue weighted by Crippen LogP contribution is 2.30. The van der Waals surface area contributed by atoms with Crippen molar-refractivity contribution in [1.29, 1.82) is 0 Å². The number of thioether (sulfide) groups is 1. The number of rotatable bonds is 2. The van der Waals surface area contributed by atoms with Crippen molar-refractivity contribution >= 4 is 11.8 Å². The summed E-state index contributed by atoms with van der Waals surface area (Å²) in [6, 6.07) is 1.68. The second-order valence-electron chi connectivity index (χ2n) is 5.73. The smallest absolute Gasteiger partial charge is 0.0224 e. The van der Waals surface area contributed by atoms with Crippen LogP contribution in [0.15, 0.2) is 0 Å². The Balaban J connectivity index is 1.57. The molecule has 3 saturated heterocycles. The Hall–Kier alpha value is 0.270. The molecule has 0 aromatic carbocycles. The van der Waals surface area contributed by atoms with E-state index in [4.69, 9.17) is 0 Å². The minimum atomic E-state index is 0.788. The van der Waals surface area contributed by atoms with Crippen LogP contribution in [0.3, 0.4) is 0 Å². The fraction of sp³-hybridized carbons (Fsp3) is 1.00. The SMILES string of the molecule is CC1CN2CCCC2CN1CC1CCCS1. The van der Waals surface area contributed by atoms with Gasteiger partial charge in [0.25, 0.3) is 0 Å². The monoisotopic (exact) mass is 240 g/mol. The van der Waals surface area contributed by atoms with Gasteiger partial charge in [-0.15, -0.1) is 0 Å². The third-order valence-electron chi connectivity index (χ3n) is 4.53. The minimum Gasteiger partial charge on any atom is -0.298 e. The summed E-state index contributed by atoms with van der Waals surface area (Å²) >= 11 is 2.21. The summed E-state index contributed by atoms with van der Waals surface area (Å²) in [5.41, 5.74) is 0. The van der Waals surface area contributed by atoms with Gasteiger partial charge in [0, 0.05) is 37.0 Å². The third-order valence-corrected chi connectivity index (χ3v) is 5.91. The van der Waals surface area contributed by atoms with E-state index in [0.29, 0.717) is 0 Å². The molecule has 3 unspecified atom stereocenters. The highest BCUT2D eigenvalue weighted by molar-refractivity contribution is 8.00. The van der Waals surface area contributed by atoms with Gasteiger partial charge < -0.3 is 0 Å². The van der Waals surface area contributed by atoms with Gasteiger partial charge >= 0.3 is 0 Å². The van der Waals surface area contributed by atoms with E-state index >= 15 is 0 Å².